The number of hydrazine groups is 1. The van der Waals surface area contributed by atoms with E-state index < -0.39 is 0 Å². The molecule has 7 heteroatoms. The van der Waals surface area contributed by atoms with Crippen molar-refractivity contribution in [3.8, 4) is 0 Å². The summed E-state index contributed by atoms with van der Waals surface area (Å²) in [4.78, 5) is 18.8. The van der Waals surface area contributed by atoms with Crippen LogP contribution >= 0.6 is 15.9 Å². The number of anilines is 1. The molecule has 0 aliphatic carbocycles. The van der Waals surface area contributed by atoms with Crippen molar-refractivity contribution in [3.63, 3.8) is 0 Å². The fraction of sp³-hybridized carbons (Fsp3) is 0.538. The number of hydrogen-bond donors (Lipinski definition) is 3. The van der Waals surface area contributed by atoms with Crippen LogP contribution < -0.4 is 11.3 Å². The van der Waals surface area contributed by atoms with Crippen LogP contribution in [0.15, 0.2) is 16.7 Å². The maximum Gasteiger partial charge on any atom is 0.258 e. The number of aromatic nitrogens is 1. The van der Waals surface area contributed by atoms with Gasteiger partial charge in [0.15, 0.2) is 5.82 Å². The first kappa shape index (κ1) is 13.8. The summed E-state index contributed by atoms with van der Waals surface area (Å²) < 4.78 is 0.740. The van der Waals surface area contributed by atoms with Gasteiger partial charge in [-0.1, -0.05) is 0 Å². The molecule has 1 aromatic heterocycles. The van der Waals surface area contributed by atoms with Gasteiger partial charge in [-0.3, -0.25) is 4.79 Å². The number of piperidine rings is 1. The lowest BCUT2D eigenvalue weighted by Gasteiger charge is -2.37. The SMILES string of the molecule is NNc1ncc(Br)cc1C(=O)N1C2CCC1CC(O)C2. The first-order valence-electron chi connectivity index (χ1n) is 6.73. The van der Waals surface area contributed by atoms with Gasteiger partial charge in [0.25, 0.3) is 5.91 Å². The highest BCUT2D eigenvalue weighted by atomic mass is 79.9. The molecular weight excluding hydrogens is 324 g/mol. The van der Waals surface area contributed by atoms with Crippen molar-refractivity contribution < 1.29 is 9.90 Å². The van der Waals surface area contributed by atoms with Crippen molar-refractivity contribution in [2.75, 3.05) is 5.43 Å². The minimum atomic E-state index is -0.288. The molecular formula is C13H17BrN4O2. The number of amides is 1. The van der Waals surface area contributed by atoms with Crippen molar-refractivity contribution >= 4 is 27.7 Å². The summed E-state index contributed by atoms with van der Waals surface area (Å²) in [5.41, 5.74) is 2.94. The summed E-state index contributed by atoms with van der Waals surface area (Å²) in [5.74, 6) is 5.75. The second-order valence-corrected chi connectivity index (χ2v) is 6.33. The number of pyridine rings is 1. The molecule has 1 amide bonds. The zero-order valence-corrected chi connectivity index (χ0v) is 12.5. The standard InChI is InChI=1S/C13H17BrN4O2/c14-7-3-11(12(17-15)16-6-7)13(20)18-8-1-2-9(18)5-10(19)4-8/h3,6,8-10,19H,1-2,4-5,15H2,(H,16,17). The van der Waals surface area contributed by atoms with Crippen LogP contribution in [-0.2, 0) is 0 Å². The summed E-state index contributed by atoms with van der Waals surface area (Å²) in [6, 6.07) is 1.98. The van der Waals surface area contributed by atoms with Gasteiger partial charge in [-0.05, 0) is 47.7 Å². The van der Waals surface area contributed by atoms with E-state index in [9.17, 15) is 9.90 Å². The third-order valence-corrected chi connectivity index (χ3v) is 4.60. The lowest BCUT2D eigenvalue weighted by Crippen LogP contribution is -2.48. The Bertz CT molecular complexity index is 525. The number of fused-ring (bicyclic) bond motifs is 2. The van der Waals surface area contributed by atoms with Gasteiger partial charge >= 0.3 is 0 Å². The quantitative estimate of drug-likeness (QED) is 0.556. The largest absolute Gasteiger partial charge is 0.393 e. The number of nitrogens with one attached hydrogen (secondary N) is 1. The van der Waals surface area contributed by atoms with E-state index in [1.807, 2.05) is 4.90 Å². The Kier molecular flexibility index (Phi) is 3.66. The summed E-state index contributed by atoms with van der Waals surface area (Å²) in [7, 11) is 0. The summed E-state index contributed by atoms with van der Waals surface area (Å²) in [6.45, 7) is 0. The average Bonchev–Trinajstić information content (AvgIpc) is 2.70. The number of carbonyl (C=O) groups is 1. The van der Waals surface area contributed by atoms with Gasteiger partial charge in [0.1, 0.15) is 0 Å². The van der Waals surface area contributed by atoms with Crippen molar-refractivity contribution in [1.82, 2.24) is 9.88 Å². The van der Waals surface area contributed by atoms with E-state index in [0.29, 0.717) is 24.2 Å². The molecule has 0 aromatic carbocycles. The Morgan fingerprint density at radius 1 is 1.45 bits per heavy atom. The molecule has 1 aromatic rings. The second kappa shape index (κ2) is 5.31. The minimum absolute atomic E-state index is 0.0637. The number of carbonyl (C=O) groups excluding carboxylic acids is 1. The molecule has 3 heterocycles. The van der Waals surface area contributed by atoms with E-state index in [1.165, 1.54) is 0 Å². The summed E-state index contributed by atoms with van der Waals surface area (Å²) in [5, 5.41) is 9.81. The first-order chi connectivity index (χ1) is 9.60. The zero-order valence-electron chi connectivity index (χ0n) is 10.9. The number of nitrogen functional groups attached to an aromatic ring is 1. The van der Waals surface area contributed by atoms with Crippen LogP contribution in [0.1, 0.15) is 36.0 Å². The molecule has 2 unspecified atom stereocenters. The molecule has 2 atom stereocenters. The maximum atomic E-state index is 12.8. The van der Waals surface area contributed by atoms with E-state index >= 15 is 0 Å². The Balaban J connectivity index is 1.92. The Hall–Kier alpha value is -1.18. The zero-order chi connectivity index (χ0) is 14.3. The van der Waals surface area contributed by atoms with Gasteiger partial charge in [0.05, 0.1) is 11.7 Å². The molecule has 2 aliphatic rings. The molecule has 3 rings (SSSR count). The van der Waals surface area contributed by atoms with E-state index in [-0.39, 0.29) is 24.1 Å². The molecule has 2 saturated heterocycles. The molecule has 0 radical (unpaired) electrons. The molecule has 0 spiro atoms. The summed E-state index contributed by atoms with van der Waals surface area (Å²) >= 11 is 3.33. The van der Waals surface area contributed by atoms with Crippen LogP contribution in [-0.4, -0.2) is 39.1 Å². The van der Waals surface area contributed by atoms with Gasteiger partial charge in [-0.25, -0.2) is 10.8 Å². The van der Waals surface area contributed by atoms with Gasteiger partial charge in [0, 0.05) is 22.8 Å². The molecule has 2 fully saturated rings. The number of rotatable bonds is 2. The van der Waals surface area contributed by atoms with Crippen LogP contribution in [0.3, 0.4) is 0 Å². The van der Waals surface area contributed by atoms with E-state index in [2.05, 4.69) is 26.3 Å². The van der Waals surface area contributed by atoms with Crippen LogP contribution in [0.2, 0.25) is 0 Å². The lowest BCUT2D eigenvalue weighted by molar-refractivity contribution is 0.0287. The van der Waals surface area contributed by atoms with Crippen LogP contribution in [0.5, 0.6) is 0 Å². The monoisotopic (exact) mass is 340 g/mol. The number of nitrogens with two attached hydrogens (primary N) is 1. The Morgan fingerprint density at radius 3 is 2.70 bits per heavy atom. The first-order valence-corrected chi connectivity index (χ1v) is 7.52. The van der Waals surface area contributed by atoms with Crippen LogP contribution in [0.25, 0.3) is 0 Å². The number of aliphatic hydroxyl groups excluding tert-OH is 1. The number of nitrogens with zero attached hydrogens (tertiary/aromatic N) is 2. The molecule has 2 aliphatic heterocycles. The molecule has 4 N–H and O–H groups in total. The second-order valence-electron chi connectivity index (χ2n) is 5.42. The van der Waals surface area contributed by atoms with Gasteiger partial charge in [-0.2, -0.15) is 0 Å². The van der Waals surface area contributed by atoms with Crippen molar-refractivity contribution in [2.45, 2.75) is 43.9 Å². The smallest absolute Gasteiger partial charge is 0.258 e. The average molecular weight is 341 g/mol. The Morgan fingerprint density at radius 2 is 2.10 bits per heavy atom. The van der Waals surface area contributed by atoms with Crippen molar-refractivity contribution in [3.05, 3.63) is 22.3 Å². The molecule has 108 valence electrons. The molecule has 2 bridgehead atoms. The lowest BCUT2D eigenvalue weighted by atomic mass is 9.99. The van der Waals surface area contributed by atoms with E-state index in [0.717, 1.165) is 17.3 Å². The number of hydrogen-bond acceptors (Lipinski definition) is 5. The highest BCUT2D eigenvalue weighted by Crippen LogP contribution is 2.37. The third-order valence-electron chi connectivity index (χ3n) is 4.16. The highest BCUT2D eigenvalue weighted by Gasteiger charge is 2.43. The Labute approximate surface area is 125 Å². The fourth-order valence-electron chi connectivity index (χ4n) is 3.34. The highest BCUT2D eigenvalue weighted by molar-refractivity contribution is 9.10. The van der Waals surface area contributed by atoms with Gasteiger partial charge in [-0.15, -0.1) is 0 Å². The molecule has 0 saturated carbocycles. The topological polar surface area (TPSA) is 91.5 Å². The van der Waals surface area contributed by atoms with Crippen molar-refractivity contribution in [1.29, 1.82) is 0 Å². The van der Waals surface area contributed by atoms with E-state index in [4.69, 9.17) is 5.84 Å². The fourth-order valence-corrected chi connectivity index (χ4v) is 3.67. The minimum Gasteiger partial charge on any atom is -0.393 e. The van der Waals surface area contributed by atoms with Crippen LogP contribution in [0, 0.1) is 0 Å². The van der Waals surface area contributed by atoms with Crippen molar-refractivity contribution in [2.24, 2.45) is 5.84 Å². The van der Waals surface area contributed by atoms with Gasteiger partial charge < -0.3 is 15.4 Å². The predicted molar refractivity (Wildman–Crippen MR) is 78.0 cm³/mol. The van der Waals surface area contributed by atoms with E-state index in [1.54, 1.807) is 12.3 Å². The number of aliphatic hydroxyl groups is 1. The molecule has 6 nitrogen and oxygen atoms in total. The third kappa shape index (κ3) is 2.30. The normalized spacial score (nSPS) is 28.6. The van der Waals surface area contributed by atoms with Crippen LogP contribution in [0.4, 0.5) is 5.82 Å². The number of halogens is 1. The molecule has 20 heavy (non-hydrogen) atoms. The maximum absolute atomic E-state index is 12.8. The summed E-state index contributed by atoms with van der Waals surface area (Å²) in [6.07, 6.45) is 4.55. The van der Waals surface area contributed by atoms with Gasteiger partial charge in [0.2, 0.25) is 0 Å². The predicted octanol–water partition coefficient (Wildman–Crippen LogP) is 1.26.